The van der Waals surface area contributed by atoms with Crippen molar-refractivity contribution >= 4 is 29.2 Å². The summed E-state index contributed by atoms with van der Waals surface area (Å²) >= 11 is 5.62. The third-order valence-electron chi connectivity index (χ3n) is 2.85. The van der Waals surface area contributed by atoms with Gasteiger partial charge in [0.1, 0.15) is 11.6 Å². The fourth-order valence-corrected chi connectivity index (χ4v) is 1.90. The standard InChI is InChI=1S/C16H13ClFNO4/c1-22-12-4-2-3-10(7-12)16(21)23-9-15(20)19-14-6-5-11(17)8-13(14)18/h2-8H,9H2,1H3,(H,19,20). The molecule has 1 amide bonds. The number of rotatable bonds is 5. The third-order valence-corrected chi connectivity index (χ3v) is 3.08. The van der Waals surface area contributed by atoms with E-state index in [1.54, 1.807) is 12.1 Å². The first-order valence-corrected chi connectivity index (χ1v) is 6.93. The molecule has 5 nitrogen and oxygen atoms in total. The molecule has 2 aromatic rings. The molecule has 0 aliphatic carbocycles. The summed E-state index contributed by atoms with van der Waals surface area (Å²) in [4.78, 5) is 23.5. The summed E-state index contributed by atoms with van der Waals surface area (Å²) in [5.74, 6) is -1.53. The van der Waals surface area contributed by atoms with E-state index in [9.17, 15) is 14.0 Å². The van der Waals surface area contributed by atoms with Crippen LogP contribution in [0.2, 0.25) is 5.02 Å². The van der Waals surface area contributed by atoms with E-state index in [0.717, 1.165) is 6.07 Å². The first-order valence-electron chi connectivity index (χ1n) is 6.55. The van der Waals surface area contributed by atoms with Crippen molar-refractivity contribution < 1.29 is 23.5 Å². The van der Waals surface area contributed by atoms with Gasteiger partial charge in [0, 0.05) is 5.02 Å². The number of methoxy groups -OCH3 is 1. The molecule has 0 saturated heterocycles. The van der Waals surface area contributed by atoms with Crippen LogP contribution in [0.3, 0.4) is 0 Å². The van der Waals surface area contributed by atoms with Crippen LogP contribution in [0.4, 0.5) is 10.1 Å². The van der Waals surface area contributed by atoms with Gasteiger partial charge in [0.15, 0.2) is 6.61 Å². The van der Waals surface area contributed by atoms with Crippen LogP contribution in [0.1, 0.15) is 10.4 Å². The van der Waals surface area contributed by atoms with E-state index in [1.165, 1.54) is 31.4 Å². The third kappa shape index (κ3) is 4.69. The Bertz CT molecular complexity index is 736. The molecule has 23 heavy (non-hydrogen) atoms. The number of anilines is 1. The van der Waals surface area contributed by atoms with Crippen molar-refractivity contribution in [3.05, 3.63) is 58.9 Å². The van der Waals surface area contributed by atoms with E-state index in [-0.39, 0.29) is 16.3 Å². The molecule has 0 unspecified atom stereocenters. The second-order valence-corrected chi connectivity index (χ2v) is 4.92. The highest BCUT2D eigenvalue weighted by Gasteiger charge is 2.12. The molecule has 7 heteroatoms. The Morgan fingerprint density at radius 1 is 1.22 bits per heavy atom. The van der Waals surface area contributed by atoms with Crippen molar-refractivity contribution in [2.75, 3.05) is 19.0 Å². The summed E-state index contributed by atoms with van der Waals surface area (Å²) in [7, 11) is 1.47. The molecule has 2 aromatic carbocycles. The van der Waals surface area contributed by atoms with E-state index >= 15 is 0 Å². The lowest BCUT2D eigenvalue weighted by atomic mass is 10.2. The maximum absolute atomic E-state index is 13.5. The quantitative estimate of drug-likeness (QED) is 0.850. The molecule has 0 saturated carbocycles. The number of ether oxygens (including phenoxy) is 2. The van der Waals surface area contributed by atoms with Crippen molar-refractivity contribution in [2.45, 2.75) is 0 Å². The Balaban J connectivity index is 1.92. The number of benzene rings is 2. The molecule has 0 heterocycles. The van der Waals surface area contributed by atoms with Gasteiger partial charge in [0.05, 0.1) is 18.4 Å². The highest BCUT2D eigenvalue weighted by Crippen LogP contribution is 2.19. The molecule has 120 valence electrons. The van der Waals surface area contributed by atoms with Gasteiger partial charge in [-0.3, -0.25) is 4.79 Å². The summed E-state index contributed by atoms with van der Waals surface area (Å²) in [5.41, 5.74) is 0.201. The van der Waals surface area contributed by atoms with Gasteiger partial charge >= 0.3 is 5.97 Å². The van der Waals surface area contributed by atoms with E-state index < -0.39 is 24.3 Å². The minimum absolute atomic E-state index is 0.0446. The van der Waals surface area contributed by atoms with Gasteiger partial charge in [-0.2, -0.15) is 0 Å². The predicted octanol–water partition coefficient (Wildman–Crippen LogP) is 3.28. The van der Waals surface area contributed by atoms with E-state index in [2.05, 4.69) is 5.32 Å². The van der Waals surface area contributed by atoms with E-state index in [0.29, 0.717) is 5.75 Å². The fraction of sp³-hybridized carbons (Fsp3) is 0.125. The van der Waals surface area contributed by atoms with Gasteiger partial charge in [-0.15, -0.1) is 0 Å². The summed E-state index contributed by atoms with van der Waals surface area (Å²) in [6, 6.07) is 10.1. The zero-order valence-corrected chi connectivity index (χ0v) is 12.9. The first kappa shape index (κ1) is 16.8. The van der Waals surface area contributed by atoms with Crippen LogP contribution in [0.5, 0.6) is 5.75 Å². The highest BCUT2D eigenvalue weighted by atomic mass is 35.5. The topological polar surface area (TPSA) is 64.6 Å². The Kier molecular flexibility index (Phi) is 5.54. The number of hydrogen-bond donors (Lipinski definition) is 1. The molecular formula is C16H13ClFNO4. The van der Waals surface area contributed by atoms with Crippen LogP contribution in [0, 0.1) is 5.82 Å². The molecule has 0 aliphatic rings. The van der Waals surface area contributed by atoms with Crippen LogP contribution >= 0.6 is 11.6 Å². The smallest absolute Gasteiger partial charge is 0.338 e. The minimum Gasteiger partial charge on any atom is -0.497 e. The average molecular weight is 338 g/mol. The molecule has 1 N–H and O–H groups in total. The van der Waals surface area contributed by atoms with Crippen molar-refractivity contribution in [2.24, 2.45) is 0 Å². The number of amides is 1. The van der Waals surface area contributed by atoms with Gasteiger partial charge in [-0.25, -0.2) is 9.18 Å². The molecule has 0 spiro atoms. The fourth-order valence-electron chi connectivity index (χ4n) is 1.74. The lowest BCUT2D eigenvalue weighted by molar-refractivity contribution is -0.119. The van der Waals surface area contributed by atoms with E-state index in [4.69, 9.17) is 21.1 Å². The molecular weight excluding hydrogens is 325 g/mol. The SMILES string of the molecule is COc1cccc(C(=O)OCC(=O)Nc2ccc(Cl)cc2F)c1. The average Bonchev–Trinajstić information content (AvgIpc) is 2.55. The monoisotopic (exact) mass is 337 g/mol. The zero-order chi connectivity index (χ0) is 16.8. The molecule has 0 aromatic heterocycles. The Labute approximate surface area is 137 Å². The van der Waals surface area contributed by atoms with Gasteiger partial charge in [-0.05, 0) is 36.4 Å². The lowest BCUT2D eigenvalue weighted by Gasteiger charge is -2.08. The van der Waals surface area contributed by atoms with Crippen LogP contribution in [0.15, 0.2) is 42.5 Å². The number of carbonyl (C=O) groups is 2. The number of hydrogen-bond acceptors (Lipinski definition) is 4. The maximum Gasteiger partial charge on any atom is 0.338 e. The largest absolute Gasteiger partial charge is 0.497 e. The number of carbonyl (C=O) groups excluding carboxylic acids is 2. The molecule has 0 radical (unpaired) electrons. The first-order chi connectivity index (χ1) is 11.0. The van der Waals surface area contributed by atoms with Crippen molar-refractivity contribution in [1.82, 2.24) is 0 Å². The normalized spacial score (nSPS) is 10.0. The lowest BCUT2D eigenvalue weighted by Crippen LogP contribution is -2.21. The highest BCUT2D eigenvalue weighted by molar-refractivity contribution is 6.30. The van der Waals surface area contributed by atoms with Crippen molar-refractivity contribution in [1.29, 1.82) is 0 Å². The molecule has 0 fully saturated rings. The van der Waals surface area contributed by atoms with Gasteiger partial charge in [0.25, 0.3) is 5.91 Å². The van der Waals surface area contributed by atoms with Crippen LogP contribution in [-0.4, -0.2) is 25.6 Å². The Morgan fingerprint density at radius 2 is 2.00 bits per heavy atom. The van der Waals surface area contributed by atoms with Crippen LogP contribution in [0.25, 0.3) is 0 Å². The summed E-state index contributed by atoms with van der Waals surface area (Å²) in [6.45, 7) is -0.544. The number of esters is 1. The summed E-state index contributed by atoms with van der Waals surface area (Å²) < 4.78 is 23.4. The maximum atomic E-state index is 13.5. The zero-order valence-electron chi connectivity index (χ0n) is 12.1. The van der Waals surface area contributed by atoms with Crippen LogP contribution < -0.4 is 10.1 Å². The second kappa shape index (κ2) is 7.60. The van der Waals surface area contributed by atoms with Crippen molar-refractivity contribution in [3.63, 3.8) is 0 Å². The summed E-state index contributed by atoms with van der Waals surface area (Å²) in [6.07, 6.45) is 0. The van der Waals surface area contributed by atoms with Gasteiger partial charge in [-0.1, -0.05) is 17.7 Å². The molecule has 0 bridgehead atoms. The van der Waals surface area contributed by atoms with Gasteiger partial charge < -0.3 is 14.8 Å². The Hall–Kier alpha value is -2.60. The molecule has 0 atom stereocenters. The van der Waals surface area contributed by atoms with Crippen molar-refractivity contribution in [3.8, 4) is 5.75 Å². The molecule has 2 rings (SSSR count). The minimum atomic E-state index is -0.685. The Morgan fingerprint density at radius 3 is 2.70 bits per heavy atom. The van der Waals surface area contributed by atoms with Gasteiger partial charge in [0.2, 0.25) is 0 Å². The van der Waals surface area contributed by atoms with E-state index in [1.807, 2.05) is 0 Å². The number of nitrogens with one attached hydrogen (secondary N) is 1. The summed E-state index contributed by atoms with van der Waals surface area (Å²) in [5, 5.41) is 2.51. The van der Waals surface area contributed by atoms with Crippen LogP contribution in [-0.2, 0) is 9.53 Å². The second-order valence-electron chi connectivity index (χ2n) is 4.48. The predicted molar refractivity (Wildman–Crippen MR) is 83.3 cm³/mol. The number of halogens is 2. The molecule has 0 aliphatic heterocycles.